The normalized spacial score (nSPS) is 20.9. The fraction of sp³-hybridized carbons (Fsp3) is 0.286. The molecule has 14 heteroatoms. The van der Waals surface area contributed by atoms with E-state index in [-0.39, 0.29) is 41.9 Å². The van der Waals surface area contributed by atoms with Crippen molar-refractivity contribution in [2.24, 2.45) is 10.7 Å². The third-order valence-electron chi connectivity index (χ3n) is 5.76. The fourth-order valence-electron chi connectivity index (χ4n) is 3.98. The molecule has 0 fully saturated rings. The Labute approximate surface area is 198 Å². The summed E-state index contributed by atoms with van der Waals surface area (Å²) in [6, 6.07) is 2.68. The van der Waals surface area contributed by atoms with Crippen LogP contribution in [0.3, 0.4) is 0 Å². The maximum Gasteiger partial charge on any atom is 0.239 e. The predicted molar refractivity (Wildman–Crippen MR) is 119 cm³/mol. The molecule has 2 N–H and O–H groups in total. The predicted octanol–water partition coefficient (Wildman–Crippen LogP) is 1.70. The Balaban J connectivity index is 1.37. The summed E-state index contributed by atoms with van der Waals surface area (Å²) in [4.78, 5) is 16.3. The SMILES string of the molecule is Cc1nc(COc2cnc(/C(F)=C/c3cc(F)c4c(c3)[C@]3(C4)CS(=O)(=O)N(C)C(N)=N3)cn2)no1. The molecule has 2 aliphatic rings. The molecule has 3 aromatic rings. The molecular weight excluding hydrogens is 484 g/mol. The van der Waals surface area contributed by atoms with Crippen molar-refractivity contribution in [1.29, 1.82) is 0 Å². The molecule has 0 amide bonds. The highest BCUT2D eigenvalue weighted by molar-refractivity contribution is 7.89. The highest BCUT2D eigenvalue weighted by Gasteiger charge is 2.51. The van der Waals surface area contributed by atoms with Crippen molar-refractivity contribution in [3.63, 3.8) is 0 Å². The number of fused-ring (bicyclic) bond motifs is 2. The topological polar surface area (TPSA) is 150 Å². The zero-order valence-corrected chi connectivity index (χ0v) is 19.4. The summed E-state index contributed by atoms with van der Waals surface area (Å²) >= 11 is 0. The second kappa shape index (κ2) is 8.08. The molecule has 11 nitrogen and oxygen atoms in total. The number of rotatable bonds is 5. The van der Waals surface area contributed by atoms with Gasteiger partial charge in [0.25, 0.3) is 0 Å². The molecule has 182 valence electrons. The summed E-state index contributed by atoms with van der Waals surface area (Å²) in [7, 11) is -2.41. The Morgan fingerprint density at radius 1 is 1.34 bits per heavy atom. The average molecular weight is 503 g/mol. The molecule has 1 aromatic carbocycles. The third-order valence-corrected chi connectivity index (χ3v) is 7.63. The lowest BCUT2D eigenvalue weighted by Crippen LogP contribution is -2.55. The van der Waals surface area contributed by atoms with Gasteiger partial charge in [0.2, 0.25) is 33.6 Å². The molecule has 1 atom stereocenters. The number of nitrogens with two attached hydrogens (primary N) is 1. The number of benzene rings is 1. The first kappa shape index (κ1) is 22.8. The van der Waals surface area contributed by atoms with Crippen molar-refractivity contribution in [2.75, 3.05) is 12.8 Å². The maximum atomic E-state index is 14.9. The van der Waals surface area contributed by atoms with Gasteiger partial charge in [-0.25, -0.2) is 36.5 Å². The summed E-state index contributed by atoms with van der Waals surface area (Å²) < 4.78 is 65.6. The summed E-state index contributed by atoms with van der Waals surface area (Å²) in [5.74, 6) is -1.05. The number of aliphatic imine (C=N–C) groups is 1. The Morgan fingerprint density at radius 2 is 2.14 bits per heavy atom. The summed E-state index contributed by atoms with van der Waals surface area (Å²) in [6.45, 7) is 1.64. The van der Waals surface area contributed by atoms with Crippen molar-refractivity contribution < 1.29 is 26.5 Å². The molecule has 0 saturated heterocycles. The lowest BCUT2D eigenvalue weighted by Gasteiger charge is -2.44. The van der Waals surface area contributed by atoms with Gasteiger partial charge >= 0.3 is 0 Å². The Hall–Kier alpha value is -3.94. The van der Waals surface area contributed by atoms with E-state index in [0.29, 0.717) is 22.8 Å². The van der Waals surface area contributed by atoms with Gasteiger partial charge in [0, 0.05) is 20.4 Å². The van der Waals surface area contributed by atoms with Crippen molar-refractivity contribution in [2.45, 2.75) is 25.5 Å². The van der Waals surface area contributed by atoms with Gasteiger partial charge in [-0.1, -0.05) is 5.16 Å². The molecule has 0 radical (unpaired) electrons. The Morgan fingerprint density at radius 3 is 2.80 bits per heavy atom. The number of aryl methyl sites for hydroxylation is 1. The van der Waals surface area contributed by atoms with Crippen molar-refractivity contribution >= 4 is 27.9 Å². The quantitative estimate of drug-likeness (QED) is 0.549. The van der Waals surface area contributed by atoms with E-state index in [1.54, 1.807) is 6.92 Å². The number of ether oxygens (including phenoxy) is 1. The molecule has 0 saturated carbocycles. The molecule has 0 bridgehead atoms. The molecular formula is C21H19F2N7O4S. The van der Waals surface area contributed by atoms with E-state index in [1.807, 2.05) is 0 Å². The summed E-state index contributed by atoms with van der Waals surface area (Å²) in [6.07, 6.45) is 3.56. The molecule has 1 aliphatic carbocycles. The number of hydrogen-bond donors (Lipinski definition) is 1. The lowest BCUT2D eigenvalue weighted by molar-refractivity contribution is 0.274. The second-order valence-corrected chi connectivity index (χ2v) is 10.2. The zero-order valence-electron chi connectivity index (χ0n) is 18.6. The van der Waals surface area contributed by atoms with E-state index in [1.165, 1.54) is 25.4 Å². The molecule has 1 spiro atoms. The highest BCUT2D eigenvalue weighted by Crippen LogP contribution is 2.47. The average Bonchev–Trinajstić information content (AvgIpc) is 3.22. The third kappa shape index (κ3) is 4.09. The van der Waals surface area contributed by atoms with E-state index in [0.717, 1.165) is 16.6 Å². The van der Waals surface area contributed by atoms with Gasteiger partial charge < -0.3 is 15.0 Å². The molecule has 5 rings (SSSR count). The maximum absolute atomic E-state index is 14.9. The van der Waals surface area contributed by atoms with Crippen LogP contribution in [-0.2, 0) is 28.6 Å². The van der Waals surface area contributed by atoms with Crippen LogP contribution in [0.25, 0.3) is 11.9 Å². The van der Waals surface area contributed by atoms with Crippen molar-refractivity contribution in [1.82, 2.24) is 24.4 Å². The number of hydrogen-bond acceptors (Lipinski definition) is 10. The van der Waals surface area contributed by atoms with E-state index in [4.69, 9.17) is 15.0 Å². The minimum absolute atomic E-state index is 0.00164. The molecule has 0 unspecified atom stereocenters. The van der Waals surface area contributed by atoms with Crippen LogP contribution in [0.15, 0.2) is 34.0 Å². The van der Waals surface area contributed by atoms with E-state index >= 15 is 0 Å². The monoisotopic (exact) mass is 503 g/mol. The molecule has 2 aromatic heterocycles. The molecule has 35 heavy (non-hydrogen) atoms. The fourth-order valence-corrected chi connectivity index (χ4v) is 5.43. The van der Waals surface area contributed by atoms with Gasteiger partial charge in [-0.3, -0.25) is 0 Å². The molecule has 1 aliphatic heterocycles. The number of guanidine groups is 1. The van der Waals surface area contributed by atoms with Gasteiger partial charge in [-0.05, 0) is 34.9 Å². The van der Waals surface area contributed by atoms with Gasteiger partial charge in [-0.15, -0.1) is 0 Å². The van der Waals surface area contributed by atoms with Gasteiger partial charge in [0.15, 0.2) is 12.4 Å². The van der Waals surface area contributed by atoms with E-state index in [9.17, 15) is 17.2 Å². The second-order valence-electron chi connectivity index (χ2n) is 8.18. The minimum atomic E-state index is -3.72. The van der Waals surface area contributed by atoms with Gasteiger partial charge in [0.05, 0.1) is 18.1 Å². The number of halogens is 2. The van der Waals surface area contributed by atoms with E-state index in [2.05, 4.69) is 25.1 Å². The lowest BCUT2D eigenvalue weighted by atomic mass is 9.71. The molecule has 3 heterocycles. The number of sulfonamides is 1. The Kier molecular flexibility index (Phi) is 5.27. The first-order valence-corrected chi connectivity index (χ1v) is 11.9. The van der Waals surface area contributed by atoms with Crippen LogP contribution in [0.2, 0.25) is 0 Å². The standard InChI is InChI=1S/C21H19F2N7O4S/c1-11-27-18(29-34-11)9-33-19-8-25-17(7-26-19)16(23)5-12-3-14-13(15(22)4-12)6-21(14)10-35(31,32)30(2)20(24)28-21/h3-5,7-8H,6,9-10H2,1-2H3,(H2,24,28)/b16-5-/t21-/m0/s1. The van der Waals surface area contributed by atoms with Crippen LogP contribution in [0.1, 0.15) is 34.1 Å². The van der Waals surface area contributed by atoms with Crippen LogP contribution >= 0.6 is 0 Å². The van der Waals surface area contributed by atoms with Crippen molar-refractivity contribution in [3.8, 4) is 5.88 Å². The van der Waals surface area contributed by atoms with Gasteiger partial charge in [0.1, 0.15) is 17.1 Å². The van der Waals surface area contributed by atoms with Crippen LogP contribution < -0.4 is 10.5 Å². The number of aromatic nitrogens is 4. The first-order chi connectivity index (χ1) is 16.6. The summed E-state index contributed by atoms with van der Waals surface area (Å²) in [5.41, 5.74) is 5.37. The van der Waals surface area contributed by atoms with Crippen molar-refractivity contribution in [3.05, 3.63) is 64.4 Å². The van der Waals surface area contributed by atoms with Crippen LogP contribution in [-0.4, -0.2) is 51.6 Å². The minimum Gasteiger partial charge on any atom is -0.468 e. The van der Waals surface area contributed by atoms with Crippen LogP contribution in [0.4, 0.5) is 8.78 Å². The largest absolute Gasteiger partial charge is 0.468 e. The number of nitrogens with zero attached hydrogens (tertiary/aromatic N) is 6. The first-order valence-electron chi connectivity index (χ1n) is 10.3. The zero-order chi connectivity index (χ0) is 25.0. The van der Waals surface area contributed by atoms with Crippen LogP contribution in [0, 0.1) is 12.7 Å². The smallest absolute Gasteiger partial charge is 0.239 e. The van der Waals surface area contributed by atoms with Crippen LogP contribution in [0.5, 0.6) is 5.88 Å². The van der Waals surface area contributed by atoms with E-state index < -0.39 is 27.2 Å². The Bertz CT molecular complexity index is 1490. The highest BCUT2D eigenvalue weighted by atomic mass is 32.2. The van der Waals surface area contributed by atoms with Gasteiger partial charge in [-0.2, -0.15) is 4.98 Å². The summed E-state index contributed by atoms with van der Waals surface area (Å²) in [5, 5.41) is 3.69.